The highest BCUT2D eigenvalue weighted by atomic mass is 79.9. The van der Waals surface area contributed by atoms with Crippen molar-refractivity contribution >= 4 is 15.9 Å². The number of hydrogen-bond acceptors (Lipinski definition) is 4. The van der Waals surface area contributed by atoms with Gasteiger partial charge < -0.3 is 14.8 Å². The number of halogens is 1. The molecule has 4 nitrogen and oxygen atoms in total. The van der Waals surface area contributed by atoms with E-state index in [0.29, 0.717) is 6.61 Å². The van der Waals surface area contributed by atoms with E-state index in [9.17, 15) is 0 Å². The standard InChI is InChI=1S/C12H19BrN2O2/c1-2-16-6-3-4-14-5-7-17-12-8-11(13)9-15-10-12/h8-10,14H,2-7H2,1H3. The highest BCUT2D eigenvalue weighted by Gasteiger charge is 1.95. The van der Waals surface area contributed by atoms with Gasteiger partial charge in [-0.2, -0.15) is 0 Å². The molecule has 1 N–H and O–H groups in total. The lowest BCUT2D eigenvalue weighted by Crippen LogP contribution is -2.23. The topological polar surface area (TPSA) is 43.4 Å². The first-order valence-electron chi connectivity index (χ1n) is 5.84. The Morgan fingerprint density at radius 1 is 1.29 bits per heavy atom. The van der Waals surface area contributed by atoms with Gasteiger partial charge >= 0.3 is 0 Å². The molecule has 96 valence electrons. The summed E-state index contributed by atoms with van der Waals surface area (Å²) in [6.45, 7) is 6.05. The van der Waals surface area contributed by atoms with Crippen LogP contribution in [-0.4, -0.2) is 37.9 Å². The lowest BCUT2D eigenvalue weighted by atomic mass is 10.4. The lowest BCUT2D eigenvalue weighted by molar-refractivity contribution is 0.144. The zero-order chi connectivity index (χ0) is 12.3. The van der Waals surface area contributed by atoms with Crippen molar-refractivity contribution in [2.75, 3.05) is 32.9 Å². The van der Waals surface area contributed by atoms with Crippen LogP contribution in [0.1, 0.15) is 13.3 Å². The third-order valence-electron chi connectivity index (χ3n) is 2.07. The van der Waals surface area contributed by atoms with Gasteiger partial charge in [0, 0.05) is 30.4 Å². The third kappa shape index (κ3) is 7.31. The summed E-state index contributed by atoms with van der Waals surface area (Å²) >= 11 is 3.35. The molecule has 0 spiro atoms. The summed E-state index contributed by atoms with van der Waals surface area (Å²) in [5.74, 6) is 0.787. The third-order valence-corrected chi connectivity index (χ3v) is 2.51. The fourth-order valence-electron chi connectivity index (χ4n) is 1.28. The molecule has 1 heterocycles. The number of aromatic nitrogens is 1. The van der Waals surface area contributed by atoms with Crippen molar-refractivity contribution in [3.8, 4) is 5.75 Å². The minimum Gasteiger partial charge on any atom is -0.491 e. The molecule has 0 radical (unpaired) electrons. The Morgan fingerprint density at radius 2 is 2.18 bits per heavy atom. The first kappa shape index (κ1) is 14.4. The minimum absolute atomic E-state index is 0.646. The van der Waals surface area contributed by atoms with Crippen molar-refractivity contribution in [2.24, 2.45) is 0 Å². The van der Waals surface area contributed by atoms with Gasteiger partial charge in [-0.1, -0.05) is 0 Å². The molecule has 0 bridgehead atoms. The van der Waals surface area contributed by atoms with Crippen LogP contribution in [-0.2, 0) is 4.74 Å². The van der Waals surface area contributed by atoms with Crippen molar-refractivity contribution in [3.05, 3.63) is 22.9 Å². The molecule has 0 saturated heterocycles. The fraction of sp³-hybridized carbons (Fsp3) is 0.583. The van der Waals surface area contributed by atoms with Crippen molar-refractivity contribution < 1.29 is 9.47 Å². The Morgan fingerprint density at radius 3 is 2.94 bits per heavy atom. The van der Waals surface area contributed by atoms with Crippen LogP contribution in [0.5, 0.6) is 5.75 Å². The Kier molecular flexibility index (Phi) is 7.96. The normalized spacial score (nSPS) is 10.5. The first-order chi connectivity index (χ1) is 8.33. The number of ether oxygens (including phenoxy) is 2. The van der Waals surface area contributed by atoms with Gasteiger partial charge in [-0.25, -0.2) is 0 Å². The van der Waals surface area contributed by atoms with Gasteiger partial charge in [-0.15, -0.1) is 0 Å². The molecule has 17 heavy (non-hydrogen) atoms. The van der Waals surface area contributed by atoms with E-state index in [4.69, 9.17) is 9.47 Å². The van der Waals surface area contributed by atoms with Crippen LogP contribution in [0.25, 0.3) is 0 Å². The van der Waals surface area contributed by atoms with Crippen molar-refractivity contribution in [1.82, 2.24) is 10.3 Å². The summed E-state index contributed by atoms with van der Waals surface area (Å²) < 4.78 is 11.7. The maximum Gasteiger partial charge on any atom is 0.138 e. The van der Waals surface area contributed by atoms with Gasteiger partial charge in [0.25, 0.3) is 0 Å². The van der Waals surface area contributed by atoms with Crippen LogP contribution in [0.3, 0.4) is 0 Å². The molecule has 1 aromatic rings. The SMILES string of the molecule is CCOCCCNCCOc1cncc(Br)c1. The van der Waals surface area contributed by atoms with Crippen LogP contribution in [0.15, 0.2) is 22.9 Å². The van der Waals surface area contributed by atoms with E-state index in [-0.39, 0.29) is 0 Å². The molecule has 1 aromatic heterocycles. The molecule has 0 aromatic carbocycles. The highest BCUT2D eigenvalue weighted by molar-refractivity contribution is 9.10. The summed E-state index contributed by atoms with van der Waals surface area (Å²) in [6.07, 6.45) is 4.48. The van der Waals surface area contributed by atoms with E-state index < -0.39 is 0 Å². The second-order valence-electron chi connectivity index (χ2n) is 3.49. The number of hydrogen-bond donors (Lipinski definition) is 1. The second-order valence-corrected chi connectivity index (χ2v) is 4.40. The molecule has 0 unspecified atom stereocenters. The Hall–Kier alpha value is -0.650. The average Bonchev–Trinajstić information content (AvgIpc) is 2.33. The molecule has 0 atom stereocenters. The zero-order valence-electron chi connectivity index (χ0n) is 10.1. The Labute approximate surface area is 111 Å². The maximum absolute atomic E-state index is 5.53. The minimum atomic E-state index is 0.646. The largest absolute Gasteiger partial charge is 0.491 e. The van der Waals surface area contributed by atoms with Crippen LogP contribution < -0.4 is 10.1 Å². The molecule has 5 heteroatoms. The van der Waals surface area contributed by atoms with Gasteiger partial charge in [0.2, 0.25) is 0 Å². The smallest absolute Gasteiger partial charge is 0.138 e. The summed E-state index contributed by atoms with van der Waals surface area (Å²) in [4.78, 5) is 4.02. The summed E-state index contributed by atoms with van der Waals surface area (Å²) in [5, 5.41) is 3.29. The van der Waals surface area contributed by atoms with Crippen LogP contribution in [0.2, 0.25) is 0 Å². The predicted molar refractivity (Wildman–Crippen MR) is 71.4 cm³/mol. The molecular weight excluding hydrogens is 284 g/mol. The molecular formula is C12H19BrN2O2. The fourth-order valence-corrected chi connectivity index (χ4v) is 1.62. The van der Waals surface area contributed by atoms with Gasteiger partial charge in [0.05, 0.1) is 6.20 Å². The lowest BCUT2D eigenvalue weighted by Gasteiger charge is -2.07. The summed E-state index contributed by atoms with van der Waals surface area (Å²) in [5.41, 5.74) is 0. The van der Waals surface area contributed by atoms with E-state index in [1.165, 1.54) is 0 Å². The van der Waals surface area contributed by atoms with Gasteiger partial charge in [0.15, 0.2) is 0 Å². The van der Waals surface area contributed by atoms with Crippen LogP contribution in [0.4, 0.5) is 0 Å². The van der Waals surface area contributed by atoms with Gasteiger partial charge in [0.1, 0.15) is 12.4 Å². The predicted octanol–water partition coefficient (Wildman–Crippen LogP) is 2.24. The maximum atomic E-state index is 5.53. The van der Waals surface area contributed by atoms with E-state index in [1.807, 2.05) is 13.0 Å². The monoisotopic (exact) mass is 302 g/mol. The van der Waals surface area contributed by atoms with Gasteiger partial charge in [-0.3, -0.25) is 4.98 Å². The number of pyridine rings is 1. The zero-order valence-corrected chi connectivity index (χ0v) is 11.7. The van der Waals surface area contributed by atoms with E-state index >= 15 is 0 Å². The van der Waals surface area contributed by atoms with E-state index in [1.54, 1.807) is 12.4 Å². The molecule has 0 aliphatic carbocycles. The van der Waals surface area contributed by atoms with Crippen molar-refractivity contribution in [3.63, 3.8) is 0 Å². The molecule has 0 aliphatic rings. The number of rotatable bonds is 9. The molecule has 0 saturated carbocycles. The van der Waals surface area contributed by atoms with Gasteiger partial charge in [-0.05, 0) is 41.9 Å². The quantitative estimate of drug-likeness (QED) is 0.711. The second kappa shape index (κ2) is 9.39. The molecule has 1 rings (SSSR count). The number of nitrogens with zero attached hydrogens (tertiary/aromatic N) is 1. The van der Waals surface area contributed by atoms with Crippen molar-refractivity contribution in [1.29, 1.82) is 0 Å². The van der Waals surface area contributed by atoms with Crippen molar-refractivity contribution in [2.45, 2.75) is 13.3 Å². The Bertz CT molecular complexity index is 310. The molecule has 0 fully saturated rings. The average molecular weight is 303 g/mol. The summed E-state index contributed by atoms with van der Waals surface area (Å²) in [6, 6.07) is 1.90. The van der Waals surface area contributed by atoms with E-state index in [2.05, 4.69) is 26.2 Å². The summed E-state index contributed by atoms with van der Waals surface area (Å²) in [7, 11) is 0. The first-order valence-corrected chi connectivity index (χ1v) is 6.64. The van der Waals surface area contributed by atoms with Crippen LogP contribution >= 0.6 is 15.9 Å². The molecule has 0 aliphatic heterocycles. The highest BCUT2D eigenvalue weighted by Crippen LogP contribution is 2.15. The number of nitrogens with one attached hydrogen (secondary N) is 1. The Balaban J connectivity index is 1.97. The van der Waals surface area contributed by atoms with Crippen LogP contribution in [0, 0.1) is 0 Å². The molecule has 0 amide bonds. The van der Waals surface area contributed by atoms with E-state index in [0.717, 1.165) is 42.9 Å².